The van der Waals surface area contributed by atoms with E-state index in [-0.39, 0.29) is 11.8 Å². The fourth-order valence-electron chi connectivity index (χ4n) is 2.74. The topological polar surface area (TPSA) is 58.4 Å². The van der Waals surface area contributed by atoms with Crippen molar-refractivity contribution in [2.75, 3.05) is 32.7 Å². The molecule has 4 nitrogen and oxygen atoms in total. The Bertz CT molecular complexity index is 435. The Morgan fingerprint density at radius 3 is 2.90 bits per heavy atom. The first-order chi connectivity index (χ1) is 10.2. The van der Waals surface area contributed by atoms with E-state index in [9.17, 15) is 4.79 Å². The quantitative estimate of drug-likeness (QED) is 0.794. The normalized spacial score (nSPS) is 20.4. The Hall–Kier alpha value is -1.39. The molecule has 0 aromatic heterocycles. The van der Waals surface area contributed by atoms with Crippen LogP contribution >= 0.6 is 0 Å². The minimum Gasteiger partial charge on any atom is -0.356 e. The van der Waals surface area contributed by atoms with E-state index < -0.39 is 0 Å². The monoisotopic (exact) mass is 289 g/mol. The molecule has 0 radical (unpaired) electrons. The lowest BCUT2D eigenvalue weighted by Crippen LogP contribution is -2.37. The van der Waals surface area contributed by atoms with Gasteiger partial charge in [-0.25, -0.2) is 0 Å². The van der Waals surface area contributed by atoms with Crippen molar-refractivity contribution in [1.29, 1.82) is 0 Å². The highest BCUT2D eigenvalue weighted by atomic mass is 16.1. The molecule has 1 aromatic carbocycles. The predicted octanol–water partition coefficient (Wildman–Crippen LogP) is 1.26. The fourth-order valence-corrected chi connectivity index (χ4v) is 2.74. The van der Waals surface area contributed by atoms with Gasteiger partial charge in [-0.1, -0.05) is 37.3 Å². The van der Waals surface area contributed by atoms with Crippen LogP contribution in [0.1, 0.15) is 18.9 Å². The van der Waals surface area contributed by atoms with Gasteiger partial charge in [-0.2, -0.15) is 0 Å². The van der Waals surface area contributed by atoms with Crippen LogP contribution in [0.3, 0.4) is 0 Å². The summed E-state index contributed by atoms with van der Waals surface area (Å²) in [7, 11) is 0. The summed E-state index contributed by atoms with van der Waals surface area (Å²) in [4.78, 5) is 14.2. The number of nitrogens with two attached hydrogens (primary N) is 1. The third-order valence-corrected chi connectivity index (χ3v) is 4.30. The van der Waals surface area contributed by atoms with Crippen molar-refractivity contribution in [3.8, 4) is 0 Å². The first-order valence-electron chi connectivity index (χ1n) is 7.93. The van der Waals surface area contributed by atoms with Crippen molar-refractivity contribution in [2.24, 2.45) is 17.6 Å². The van der Waals surface area contributed by atoms with Crippen LogP contribution < -0.4 is 11.1 Å². The van der Waals surface area contributed by atoms with E-state index >= 15 is 0 Å². The van der Waals surface area contributed by atoms with Crippen molar-refractivity contribution in [3.05, 3.63) is 35.9 Å². The number of nitrogens with zero attached hydrogens (tertiary/aromatic N) is 1. The second-order valence-electron chi connectivity index (χ2n) is 6.07. The first kappa shape index (κ1) is 16.0. The van der Waals surface area contributed by atoms with Crippen LogP contribution in [0.15, 0.2) is 30.3 Å². The second-order valence-corrected chi connectivity index (χ2v) is 6.07. The lowest BCUT2D eigenvalue weighted by Gasteiger charge is -2.17. The maximum absolute atomic E-state index is 11.7. The molecule has 3 N–H and O–H groups in total. The highest BCUT2D eigenvalue weighted by Crippen LogP contribution is 2.16. The molecule has 1 heterocycles. The van der Waals surface area contributed by atoms with Crippen molar-refractivity contribution in [3.63, 3.8) is 0 Å². The van der Waals surface area contributed by atoms with E-state index in [1.54, 1.807) is 0 Å². The third kappa shape index (κ3) is 5.14. The summed E-state index contributed by atoms with van der Waals surface area (Å²) in [6.45, 7) is 6.40. The molecule has 2 unspecified atom stereocenters. The molecule has 4 heteroatoms. The average molecular weight is 289 g/mol. The van der Waals surface area contributed by atoms with Crippen molar-refractivity contribution in [1.82, 2.24) is 10.2 Å². The van der Waals surface area contributed by atoms with Crippen LogP contribution in [-0.2, 0) is 11.2 Å². The first-order valence-corrected chi connectivity index (χ1v) is 7.93. The average Bonchev–Trinajstić information content (AvgIpc) is 2.98. The van der Waals surface area contributed by atoms with E-state index in [2.05, 4.69) is 40.5 Å². The van der Waals surface area contributed by atoms with E-state index in [0.717, 1.165) is 32.6 Å². The number of rotatable bonds is 7. The van der Waals surface area contributed by atoms with Crippen LogP contribution in [0.25, 0.3) is 0 Å². The summed E-state index contributed by atoms with van der Waals surface area (Å²) in [6, 6.07) is 10.6. The van der Waals surface area contributed by atoms with Crippen LogP contribution in [0.2, 0.25) is 0 Å². The van der Waals surface area contributed by atoms with Gasteiger partial charge in [-0.05, 0) is 30.9 Å². The summed E-state index contributed by atoms with van der Waals surface area (Å²) in [5, 5.41) is 3.02. The number of likely N-dealkylation sites (tertiary alicyclic amines) is 1. The molecular weight excluding hydrogens is 262 g/mol. The molecule has 0 spiro atoms. The van der Waals surface area contributed by atoms with Gasteiger partial charge in [0.1, 0.15) is 0 Å². The lowest BCUT2D eigenvalue weighted by atomic mass is 10.1. The summed E-state index contributed by atoms with van der Waals surface area (Å²) in [5.74, 6) is 0.579. The highest BCUT2D eigenvalue weighted by Gasteiger charge is 2.23. The number of carbonyl (C=O) groups excluding carboxylic acids is 1. The van der Waals surface area contributed by atoms with Gasteiger partial charge in [0.2, 0.25) is 5.91 Å². The Morgan fingerprint density at radius 2 is 2.19 bits per heavy atom. The molecule has 1 amide bonds. The summed E-state index contributed by atoms with van der Waals surface area (Å²) in [5.41, 5.74) is 6.90. The minimum absolute atomic E-state index is 0.0828. The van der Waals surface area contributed by atoms with Crippen LogP contribution in [-0.4, -0.2) is 43.5 Å². The smallest absolute Gasteiger partial charge is 0.224 e. The van der Waals surface area contributed by atoms with Crippen LogP contribution in [0, 0.1) is 11.8 Å². The zero-order chi connectivity index (χ0) is 15.1. The Kier molecular flexibility index (Phi) is 6.21. The van der Waals surface area contributed by atoms with Crippen molar-refractivity contribution >= 4 is 5.91 Å². The number of benzene rings is 1. The molecule has 116 valence electrons. The lowest BCUT2D eigenvalue weighted by molar-refractivity contribution is -0.124. The molecule has 0 aliphatic carbocycles. The zero-order valence-electron chi connectivity index (χ0n) is 12.9. The number of hydrogen-bond acceptors (Lipinski definition) is 3. The fraction of sp³-hybridized carbons (Fsp3) is 0.588. The molecule has 2 atom stereocenters. The van der Waals surface area contributed by atoms with Gasteiger partial charge < -0.3 is 16.0 Å². The van der Waals surface area contributed by atoms with Crippen LogP contribution in [0.5, 0.6) is 0 Å². The van der Waals surface area contributed by atoms with Crippen LogP contribution in [0.4, 0.5) is 0 Å². The molecule has 2 rings (SSSR count). The van der Waals surface area contributed by atoms with Gasteiger partial charge >= 0.3 is 0 Å². The van der Waals surface area contributed by atoms with Gasteiger partial charge in [0, 0.05) is 32.1 Å². The molecule has 1 saturated heterocycles. The molecule has 21 heavy (non-hydrogen) atoms. The Labute approximate surface area is 127 Å². The van der Waals surface area contributed by atoms with E-state index in [1.165, 1.54) is 12.0 Å². The number of amides is 1. The Morgan fingerprint density at radius 1 is 1.43 bits per heavy atom. The van der Waals surface area contributed by atoms with E-state index in [0.29, 0.717) is 12.5 Å². The molecule has 0 saturated carbocycles. The zero-order valence-corrected chi connectivity index (χ0v) is 12.9. The molecule has 1 fully saturated rings. The maximum Gasteiger partial charge on any atom is 0.224 e. The number of nitrogens with one attached hydrogen (secondary N) is 1. The summed E-state index contributed by atoms with van der Waals surface area (Å²) in [6.07, 6.45) is 2.27. The SMILES string of the molecule is CC(CN)C(=O)NCC1CCN(CCc2ccccc2)C1. The number of hydrogen-bond donors (Lipinski definition) is 2. The van der Waals surface area contributed by atoms with Gasteiger partial charge in [0.25, 0.3) is 0 Å². The van der Waals surface area contributed by atoms with Gasteiger partial charge in [-0.3, -0.25) is 4.79 Å². The van der Waals surface area contributed by atoms with Gasteiger partial charge in [0.15, 0.2) is 0 Å². The largest absolute Gasteiger partial charge is 0.356 e. The Balaban J connectivity index is 1.65. The van der Waals surface area contributed by atoms with E-state index in [4.69, 9.17) is 5.73 Å². The summed E-state index contributed by atoms with van der Waals surface area (Å²) >= 11 is 0. The van der Waals surface area contributed by atoms with Crippen molar-refractivity contribution < 1.29 is 4.79 Å². The molecule has 0 bridgehead atoms. The maximum atomic E-state index is 11.7. The predicted molar refractivity (Wildman–Crippen MR) is 85.9 cm³/mol. The minimum atomic E-state index is -0.0828. The third-order valence-electron chi connectivity index (χ3n) is 4.30. The van der Waals surface area contributed by atoms with E-state index in [1.807, 2.05) is 6.92 Å². The molecule has 1 aliphatic rings. The van der Waals surface area contributed by atoms with Gasteiger partial charge in [-0.15, -0.1) is 0 Å². The molecule has 1 aromatic rings. The van der Waals surface area contributed by atoms with Gasteiger partial charge in [0.05, 0.1) is 0 Å². The molecular formula is C17H27N3O. The standard InChI is InChI=1S/C17H27N3O/c1-14(11-18)17(21)19-12-16-8-10-20(13-16)9-7-15-5-3-2-4-6-15/h2-6,14,16H,7-13,18H2,1H3,(H,19,21). The molecule has 1 aliphatic heterocycles. The number of carbonyl (C=O) groups is 1. The second kappa shape index (κ2) is 8.15. The highest BCUT2D eigenvalue weighted by molar-refractivity contribution is 5.78. The summed E-state index contributed by atoms with van der Waals surface area (Å²) < 4.78 is 0. The van der Waals surface area contributed by atoms with Crippen molar-refractivity contribution in [2.45, 2.75) is 19.8 Å².